The number of imidazole rings is 1. The molecule has 3 N–H and O–H groups in total. The first-order valence-electron chi connectivity index (χ1n) is 9.05. The van der Waals surface area contributed by atoms with Crippen molar-refractivity contribution in [1.29, 1.82) is 0 Å². The van der Waals surface area contributed by atoms with Gasteiger partial charge in [0.15, 0.2) is 5.16 Å². The number of hydrogen-bond donors (Lipinski definition) is 2. The van der Waals surface area contributed by atoms with Crippen LogP contribution in [0.1, 0.15) is 5.56 Å². The van der Waals surface area contributed by atoms with Crippen molar-refractivity contribution in [2.24, 2.45) is 0 Å². The number of amides is 2. The monoisotopic (exact) mass is 409 g/mol. The molecule has 1 aromatic heterocycles. The van der Waals surface area contributed by atoms with E-state index >= 15 is 0 Å². The number of nitrogens with zero attached hydrogens (tertiary/aromatic N) is 3. The van der Waals surface area contributed by atoms with Gasteiger partial charge in [0.25, 0.3) is 0 Å². The molecule has 29 heavy (non-hydrogen) atoms. The Hall–Kier alpha value is -3.26. The standard InChI is InChI=1S/C21H23N5O2S/c1-15-8-10-17(11-9-15)23-19(27)13-25(2)20(28)14-29-21-24-18(12-26(21)22)16-6-4-3-5-7-16/h3-12H,13-14,22H2,1-2H3,(H,23,27). The largest absolute Gasteiger partial charge is 0.337 e. The first-order valence-corrected chi connectivity index (χ1v) is 10.0. The summed E-state index contributed by atoms with van der Waals surface area (Å²) in [5, 5.41) is 3.32. The topological polar surface area (TPSA) is 93.2 Å². The van der Waals surface area contributed by atoms with Crippen LogP contribution in [0.25, 0.3) is 11.3 Å². The average Bonchev–Trinajstić information content (AvgIpc) is 3.09. The molecule has 0 aliphatic rings. The Morgan fingerprint density at radius 3 is 2.52 bits per heavy atom. The second kappa shape index (κ2) is 9.29. The number of carbonyl (C=O) groups is 2. The van der Waals surface area contributed by atoms with Gasteiger partial charge in [-0.25, -0.2) is 9.66 Å². The molecule has 7 nitrogen and oxygen atoms in total. The fourth-order valence-electron chi connectivity index (χ4n) is 2.61. The van der Waals surface area contributed by atoms with Gasteiger partial charge in [0, 0.05) is 18.3 Å². The van der Waals surface area contributed by atoms with Crippen molar-refractivity contribution in [2.75, 3.05) is 30.5 Å². The number of nitrogens with one attached hydrogen (secondary N) is 1. The van der Waals surface area contributed by atoms with Crippen molar-refractivity contribution in [3.8, 4) is 11.3 Å². The molecule has 0 saturated carbocycles. The predicted molar refractivity (Wildman–Crippen MR) is 116 cm³/mol. The van der Waals surface area contributed by atoms with Gasteiger partial charge in [-0.1, -0.05) is 59.8 Å². The van der Waals surface area contributed by atoms with Crippen LogP contribution in [0.4, 0.5) is 5.69 Å². The smallest absolute Gasteiger partial charge is 0.243 e. The molecule has 0 fully saturated rings. The van der Waals surface area contributed by atoms with Crippen molar-refractivity contribution >= 4 is 29.3 Å². The molecular weight excluding hydrogens is 386 g/mol. The fraction of sp³-hybridized carbons (Fsp3) is 0.190. The molecule has 2 aromatic carbocycles. The van der Waals surface area contributed by atoms with Gasteiger partial charge < -0.3 is 16.1 Å². The zero-order chi connectivity index (χ0) is 20.8. The van der Waals surface area contributed by atoms with E-state index in [9.17, 15) is 9.59 Å². The maximum atomic E-state index is 12.4. The molecular formula is C21H23N5O2S. The summed E-state index contributed by atoms with van der Waals surface area (Å²) in [6.45, 7) is 1.95. The molecule has 0 saturated heterocycles. The summed E-state index contributed by atoms with van der Waals surface area (Å²) in [5.74, 6) is 5.67. The molecule has 2 amide bonds. The molecule has 0 spiro atoms. The van der Waals surface area contributed by atoms with E-state index in [-0.39, 0.29) is 24.1 Å². The summed E-state index contributed by atoms with van der Waals surface area (Å²) < 4.78 is 1.41. The Balaban J connectivity index is 1.51. The number of likely N-dealkylation sites (N-methyl/N-ethyl adjacent to an activating group) is 1. The predicted octanol–water partition coefficient (Wildman–Crippen LogP) is 2.76. The van der Waals surface area contributed by atoms with Gasteiger partial charge in [0.1, 0.15) is 0 Å². The van der Waals surface area contributed by atoms with Gasteiger partial charge in [-0.2, -0.15) is 0 Å². The minimum absolute atomic E-state index is 0.0282. The second-order valence-electron chi connectivity index (χ2n) is 6.63. The van der Waals surface area contributed by atoms with Crippen molar-refractivity contribution < 1.29 is 9.59 Å². The zero-order valence-corrected chi connectivity index (χ0v) is 17.1. The molecule has 1 heterocycles. The maximum Gasteiger partial charge on any atom is 0.243 e. The summed E-state index contributed by atoms with van der Waals surface area (Å²) in [7, 11) is 1.60. The Labute approximate surface area is 173 Å². The lowest BCUT2D eigenvalue weighted by atomic mass is 10.2. The van der Waals surface area contributed by atoms with Crippen molar-refractivity contribution in [3.05, 3.63) is 66.4 Å². The van der Waals surface area contributed by atoms with Crippen LogP contribution in [0.2, 0.25) is 0 Å². The number of aromatic nitrogens is 2. The molecule has 150 valence electrons. The highest BCUT2D eigenvalue weighted by molar-refractivity contribution is 7.99. The average molecular weight is 410 g/mol. The van der Waals surface area contributed by atoms with Gasteiger partial charge >= 0.3 is 0 Å². The second-order valence-corrected chi connectivity index (χ2v) is 7.58. The van der Waals surface area contributed by atoms with Crippen molar-refractivity contribution in [3.63, 3.8) is 0 Å². The molecule has 3 rings (SSSR count). The van der Waals surface area contributed by atoms with E-state index in [1.807, 2.05) is 61.5 Å². The lowest BCUT2D eigenvalue weighted by molar-refractivity contribution is -0.131. The number of aryl methyl sites for hydroxylation is 1. The van der Waals surface area contributed by atoms with Gasteiger partial charge in [0.05, 0.1) is 24.2 Å². The minimum Gasteiger partial charge on any atom is -0.337 e. The molecule has 0 bridgehead atoms. The summed E-state index contributed by atoms with van der Waals surface area (Å²) in [6.07, 6.45) is 1.72. The summed E-state index contributed by atoms with van der Waals surface area (Å²) in [4.78, 5) is 30.4. The minimum atomic E-state index is -0.249. The normalized spacial score (nSPS) is 10.6. The lowest BCUT2D eigenvalue weighted by Gasteiger charge is -2.16. The first kappa shape index (κ1) is 20.5. The highest BCUT2D eigenvalue weighted by Gasteiger charge is 2.16. The SMILES string of the molecule is Cc1ccc(NC(=O)CN(C)C(=O)CSc2nc(-c3ccccc3)cn2N)cc1. The Morgan fingerprint density at radius 1 is 1.14 bits per heavy atom. The number of hydrogen-bond acceptors (Lipinski definition) is 5. The van der Waals surface area contributed by atoms with Gasteiger partial charge in [-0.05, 0) is 19.1 Å². The van der Waals surface area contributed by atoms with Gasteiger partial charge in [-0.3, -0.25) is 9.59 Å². The highest BCUT2D eigenvalue weighted by atomic mass is 32.2. The van der Waals surface area contributed by atoms with Crippen LogP contribution in [-0.2, 0) is 9.59 Å². The number of anilines is 1. The first-order chi connectivity index (χ1) is 13.9. The summed E-state index contributed by atoms with van der Waals surface area (Å²) >= 11 is 1.24. The molecule has 3 aromatic rings. The lowest BCUT2D eigenvalue weighted by Crippen LogP contribution is -2.36. The van der Waals surface area contributed by atoms with Crippen molar-refractivity contribution in [2.45, 2.75) is 12.1 Å². The fourth-order valence-corrected chi connectivity index (χ4v) is 3.45. The third-order valence-corrected chi connectivity index (χ3v) is 5.19. The number of nitrogen functional groups attached to an aromatic ring is 1. The van der Waals surface area contributed by atoms with E-state index in [1.165, 1.54) is 21.3 Å². The molecule has 8 heteroatoms. The molecule has 0 aliphatic carbocycles. The van der Waals surface area contributed by atoms with Crippen LogP contribution in [0.15, 0.2) is 66.0 Å². The van der Waals surface area contributed by atoms with Crippen LogP contribution < -0.4 is 11.2 Å². The van der Waals surface area contributed by atoms with Crippen LogP contribution in [0.5, 0.6) is 0 Å². The summed E-state index contributed by atoms with van der Waals surface area (Å²) in [5.41, 5.74) is 3.51. The Bertz CT molecular complexity index is 986. The van der Waals surface area contributed by atoms with Gasteiger partial charge in [-0.15, -0.1) is 0 Å². The van der Waals surface area contributed by atoms with Crippen LogP contribution in [-0.4, -0.2) is 45.7 Å². The maximum absolute atomic E-state index is 12.4. The van der Waals surface area contributed by atoms with Gasteiger partial charge in [0.2, 0.25) is 11.8 Å². The van der Waals surface area contributed by atoms with E-state index in [1.54, 1.807) is 13.2 Å². The number of thioether (sulfide) groups is 1. The number of nitrogens with two attached hydrogens (primary N) is 1. The zero-order valence-electron chi connectivity index (χ0n) is 16.3. The molecule has 0 aliphatic heterocycles. The number of carbonyl (C=O) groups excluding carboxylic acids is 2. The quantitative estimate of drug-likeness (QED) is 0.462. The molecule has 0 unspecified atom stereocenters. The molecule has 0 atom stereocenters. The van der Waals surface area contributed by atoms with E-state index in [0.717, 1.165) is 16.8 Å². The number of benzene rings is 2. The van der Waals surface area contributed by atoms with E-state index in [0.29, 0.717) is 10.8 Å². The molecule has 0 radical (unpaired) electrons. The van der Waals surface area contributed by atoms with E-state index in [2.05, 4.69) is 10.3 Å². The third-order valence-electron chi connectivity index (χ3n) is 4.23. The Kier molecular flexibility index (Phi) is 6.56. The summed E-state index contributed by atoms with van der Waals surface area (Å²) in [6, 6.07) is 17.2. The third kappa shape index (κ3) is 5.61. The van der Waals surface area contributed by atoms with E-state index in [4.69, 9.17) is 5.84 Å². The van der Waals surface area contributed by atoms with Crippen LogP contribution >= 0.6 is 11.8 Å². The van der Waals surface area contributed by atoms with E-state index < -0.39 is 0 Å². The highest BCUT2D eigenvalue weighted by Crippen LogP contribution is 2.22. The Morgan fingerprint density at radius 2 is 1.83 bits per heavy atom. The van der Waals surface area contributed by atoms with Crippen LogP contribution in [0.3, 0.4) is 0 Å². The van der Waals surface area contributed by atoms with Crippen molar-refractivity contribution in [1.82, 2.24) is 14.6 Å². The van der Waals surface area contributed by atoms with Crippen LogP contribution in [0, 0.1) is 6.92 Å². The number of rotatable bonds is 7.